The van der Waals surface area contributed by atoms with E-state index in [0.29, 0.717) is 0 Å². The molecule has 0 saturated carbocycles. The normalized spacial score (nSPS) is 13.8. The third kappa shape index (κ3) is 2.78. The summed E-state index contributed by atoms with van der Waals surface area (Å²) in [7, 11) is 1.38. The number of methoxy groups -OCH3 is 1. The summed E-state index contributed by atoms with van der Waals surface area (Å²) in [5.74, 6) is -3.69. The van der Waals surface area contributed by atoms with Crippen molar-refractivity contribution in [2.24, 2.45) is 0 Å². The molecule has 0 aromatic carbocycles. The number of carbonyl (C=O) groups excluding carboxylic acids is 1. The molecule has 1 heterocycles. The Morgan fingerprint density at radius 2 is 2.19 bits per heavy atom. The van der Waals surface area contributed by atoms with Crippen molar-refractivity contribution in [1.82, 2.24) is 10.1 Å². The smallest absolute Gasteiger partial charge is 0.377 e. The van der Waals surface area contributed by atoms with Gasteiger partial charge in [0.1, 0.15) is 12.5 Å². The highest BCUT2D eigenvalue weighted by molar-refractivity contribution is 5.89. The molecule has 1 atom stereocenters. The van der Waals surface area contributed by atoms with Crippen molar-refractivity contribution in [3.05, 3.63) is 11.7 Å². The molecule has 0 aliphatic heterocycles. The van der Waals surface area contributed by atoms with Crippen molar-refractivity contribution >= 4 is 5.78 Å². The lowest BCUT2D eigenvalue weighted by Crippen LogP contribution is -2.27. The van der Waals surface area contributed by atoms with Gasteiger partial charge < -0.3 is 9.26 Å². The van der Waals surface area contributed by atoms with Gasteiger partial charge >= 0.3 is 6.18 Å². The van der Waals surface area contributed by atoms with E-state index in [1.54, 1.807) is 0 Å². The first-order valence-corrected chi connectivity index (χ1v) is 4.28. The van der Waals surface area contributed by atoms with E-state index in [0.717, 1.165) is 6.92 Å². The molecule has 0 aliphatic carbocycles. The van der Waals surface area contributed by atoms with Crippen LogP contribution in [0.2, 0.25) is 0 Å². The monoisotopic (exact) mass is 238 g/mol. The van der Waals surface area contributed by atoms with Gasteiger partial charge in [0.05, 0.1) is 0 Å². The number of alkyl halides is 3. The lowest BCUT2D eigenvalue weighted by Gasteiger charge is -2.07. The first-order valence-electron chi connectivity index (χ1n) is 4.28. The Morgan fingerprint density at radius 3 is 2.69 bits per heavy atom. The number of rotatable bonds is 4. The molecule has 0 fully saturated rings. The zero-order chi connectivity index (χ0) is 12.3. The SMILES string of the molecule is COCc1noc(C(C)C(=O)C(F)(F)F)n1. The van der Waals surface area contributed by atoms with E-state index in [-0.39, 0.29) is 18.3 Å². The van der Waals surface area contributed by atoms with E-state index in [4.69, 9.17) is 0 Å². The van der Waals surface area contributed by atoms with Crippen LogP contribution in [0.5, 0.6) is 0 Å². The zero-order valence-electron chi connectivity index (χ0n) is 8.54. The molecule has 0 saturated heterocycles. The van der Waals surface area contributed by atoms with Crippen LogP contribution >= 0.6 is 0 Å². The molecule has 1 unspecified atom stereocenters. The highest BCUT2D eigenvalue weighted by Gasteiger charge is 2.43. The summed E-state index contributed by atoms with van der Waals surface area (Å²) < 4.78 is 45.4. The molecule has 0 N–H and O–H groups in total. The van der Waals surface area contributed by atoms with Crippen LogP contribution in [-0.2, 0) is 16.1 Å². The molecule has 1 aromatic heterocycles. The van der Waals surface area contributed by atoms with Gasteiger partial charge in [-0.2, -0.15) is 18.2 Å². The number of ketones is 1. The van der Waals surface area contributed by atoms with Crippen LogP contribution in [0.25, 0.3) is 0 Å². The average molecular weight is 238 g/mol. The van der Waals surface area contributed by atoms with Gasteiger partial charge in [-0.25, -0.2) is 0 Å². The molecule has 0 bridgehead atoms. The molecule has 0 amide bonds. The van der Waals surface area contributed by atoms with Crippen LogP contribution in [0.4, 0.5) is 13.2 Å². The minimum absolute atomic E-state index is 0.0103. The molecule has 90 valence electrons. The Morgan fingerprint density at radius 1 is 1.56 bits per heavy atom. The Hall–Kier alpha value is -1.44. The first-order chi connectivity index (χ1) is 7.36. The average Bonchev–Trinajstić information content (AvgIpc) is 2.63. The number of hydrogen-bond donors (Lipinski definition) is 0. The minimum Gasteiger partial charge on any atom is -0.377 e. The quantitative estimate of drug-likeness (QED) is 0.794. The predicted octanol–water partition coefficient (Wildman–Crippen LogP) is 1.45. The largest absolute Gasteiger partial charge is 0.450 e. The van der Waals surface area contributed by atoms with E-state index in [1.807, 2.05) is 0 Å². The number of carbonyl (C=O) groups is 1. The first kappa shape index (κ1) is 12.6. The Balaban J connectivity index is 2.80. The van der Waals surface area contributed by atoms with Crippen molar-refractivity contribution in [3.8, 4) is 0 Å². The molecule has 0 spiro atoms. The van der Waals surface area contributed by atoms with E-state index in [9.17, 15) is 18.0 Å². The fourth-order valence-electron chi connectivity index (χ4n) is 0.989. The van der Waals surface area contributed by atoms with E-state index in [2.05, 4.69) is 19.4 Å². The number of Topliss-reactive ketones (excluding diaryl/α,β-unsaturated/α-hetero) is 1. The maximum atomic E-state index is 12.1. The van der Waals surface area contributed by atoms with Crippen molar-refractivity contribution < 1.29 is 27.2 Å². The van der Waals surface area contributed by atoms with Crippen LogP contribution in [0.1, 0.15) is 24.6 Å². The van der Waals surface area contributed by atoms with Crippen LogP contribution in [0.3, 0.4) is 0 Å². The van der Waals surface area contributed by atoms with Gasteiger partial charge in [-0.05, 0) is 6.92 Å². The van der Waals surface area contributed by atoms with Gasteiger partial charge in [0.2, 0.25) is 11.7 Å². The molecule has 16 heavy (non-hydrogen) atoms. The minimum atomic E-state index is -4.91. The van der Waals surface area contributed by atoms with Crippen molar-refractivity contribution in [2.75, 3.05) is 7.11 Å². The van der Waals surface area contributed by atoms with Crippen LogP contribution < -0.4 is 0 Å². The van der Waals surface area contributed by atoms with Gasteiger partial charge in [-0.3, -0.25) is 4.79 Å². The molecular formula is C8H9F3N2O3. The summed E-state index contributed by atoms with van der Waals surface area (Å²) >= 11 is 0. The summed E-state index contributed by atoms with van der Waals surface area (Å²) in [5.41, 5.74) is 0. The second kappa shape index (κ2) is 4.60. The van der Waals surface area contributed by atoms with Gasteiger partial charge in [0.15, 0.2) is 5.82 Å². The van der Waals surface area contributed by atoms with Crippen LogP contribution in [0.15, 0.2) is 4.52 Å². The fourth-order valence-corrected chi connectivity index (χ4v) is 0.989. The van der Waals surface area contributed by atoms with Crippen molar-refractivity contribution in [1.29, 1.82) is 0 Å². The van der Waals surface area contributed by atoms with Crippen molar-refractivity contribution in [2.45, 2.75) is 25.6 Å². The number of nitrogens with zero attached hydrogens (tertiary/aromatic N) is 2. The Labute approximate surface area is 88.6 Å². The number of aromatic nitrogens is 2. The van der Waals surface area contributed by atoms with E-state index in [1.165, 1.54) is 7.11 Å². The summed E-state index contributed by atoms with van der Waals surface area (Å²) in [6.45, 7) is 1.07. The Bertz CT molecular complexity index is 375. The third-order valence-corrected chi connectivity index (χ3v) is 1.80. The van der Waals surface area contributed by atoms with Gasteiger partial charge in [-0.15, -0.1) is 0 Å². The summed E-state index contributed by atoms with van der Waals surface area (Å²) in [6.07, 6.45) is -4.91. The molecule has 0 radical (unpaired) electrons. The molecular weight excluding hydrogens is 229 g/mol. The predicted molar refractivity (Wildman–Crippen MR) is 44.5 cm³/mol. The zero-order valence-corrected chi connectivity index (χ0v) is 8.54. The highest BCUT2D eigenvalue weighted by atomic mass is 19.4. The fraction of sp³-hybridized carbons (Fsp3) is 0.625. The number of ether oxygens (including phenoxy) is 1. The molecule has 1 aromatic rings. The van der Waals surface area contributed by atoms with Gasteiger partial charge in [0, 0.05) is 7.11 Å². The summed E-state index contributed by atoms with van der Waals surface area (Å²) in [6, 6.07) is 0. The standard InChI is InChI=1S/C8H9F3N2O3/c1-4(6(14)8(9,10)11)7-12-5(3-15-2)13-16-7/h4H,3H2,1-2H3. The highest BCUT2D eigenvalue weighted by Crippen LogP contribution is 2.26. The second-order valence-corrected chi connectivity index (χ2v) is 3.07. The van der Waals surface area contributed by atoms with E-state index < -0.39 is 17.9 Å². The second-order valence-electron chi connectivity index (χ2n) is 3.07. The number of halogens is 3. The topological polar surface area (TPSA) is 65.2 Å². The van der Waals surface area contributed by atoms with Crippen LogP contribution in [0, 0.1) is 0 Å². The summed E-state index contributed by atoms with van der Waals surface area (Å²) in [5, 5.41) is 3.36. The van der Waals surface area contributed by atoms with Gasteiger partial charge in [0.25, 0.3) is 0 Å². The molecule has 0 aliphatic rings. The molecule has 8 heteroatoms. The van der Waals surface area contributed by atoms with Gasteiger partial charge in [-0.1, -0.05) is 5.16 Å². The summed E-state index contributed by atoms with van der Waals surface area (Å²) in [4.78, 5) is 14.5. The molecule has 1 rings (SSSR count). The maximum absolute atomic E-state index is 12.1. The third-order valence-electron chi connectivity index (χ3n) is 1.80. The lowest BCUT2D eigenvalue weighted by atomic mass is 10.1. The Kier molecular flexibility index (Phi) is 3.63. The van der Waals surface area contributed by atoms with Crippen molar-refractivity contribution in [3.63, 3.8) is 0 Å². The molecule has 5 nitrogen and oxygen atoms in total. The van der Waals surface area contributed by atoms with Crippen LogP contribution in [-0.4, -0.2) is 29.2 Å². The van der Waals surface area contributed by atoms with E-state index >= 15 is 0 Å². The number of hydrogen-bond acceptors (Lipinski definition) is 5. The lowest BCUT2D eigenvalue weighted by molar-refractivity contribution is -0.172. The maximum Gasteiger partial charge on any atom is 0.450 e.